The molecular formula is C19H19Cl2NO5. The van der Waals surface area contributed by atoms with Crippen LogP contribution in [-0.2, 0) is 19.1 Å². The highest BCUT2D eigenvalue weighted by molar-refractivity contribution is 6.37. The fourth-order valence-electron chi connectivity index (χ4n) is 2.40. The second kappa shape index (κ2) is 8.97. The molecule has 0 radical (unpaired) electrons. The molecule has 1 aromatic carbocycles. The summed E-state index contributed by atoms with van der Waals surface area (Å²) in [5, 5.41) is 0.583. The van der Waals surface area contributed by atoms with Crippen LogP contribution < -0.4 is 9.64 Å². The molecule has 0 aliphatic carbocycles. The summed E-state index contributed by atoms with van der Waals surface area (Å²) in [5.41, 5.74) is 0.360. The molecule has 0 bridgehead atoms. The van der Waals surface area contributed by atoms with Gasteiger partial charge in [0.25, 0.3) is 0 Å². The SMILES string of the molecule is COC(=O)C1=C(C(=O)OC)N(c2cc(OC(C)C)c(Cl)cc2Cl)C=CC=C1. The van der Waals surface area contributed by atoms with Crippen molar-refractivity contribution in [3.8, 4) is 5.75 Å². The summed E-state index contributed by atoms with van der Waals surface area (Å²) in [6, 6.07) is 3.10. The molecule has 1 aliphatic heterocycles. The molecule has 0 N–H and O–H groups in total. The Morgan fingerprint density at radius 1 is 1.00 bits per heavy atom. The monoisotopic (exact) mass is 411 g/mol. The number of halogens is 2. The molecule has 0 saturated heterocycles. The molecule has 2 rings (SSSR count). The Morgan fingerprint density at radius 2 is 1.67 bits per heavy atom. The topological polar surface area (TPSA) is 65.1 Å². The van der Waals surface area contributed by atoms with Crippen LogP contribution in [0, 0.1) is 0 Å². The Kier molecular flexibility index (Phi) is 6.93. The van der Waals surface area contributed by atoms with Crippen LogP contribution in [0.3, 0.4) is 0 Å². The smallest absolute Gasteiger partial charge is 0.355 e. The van der Waals surface area contributed by atoms with Gasteiger partial charge in [0, 0.05) is 12.3 Å². The van der Waals surface area contributed by atoms with Gasteiger partial charge >= 0.3 is 11.9 Å². The molecule has 1 aliphatic rings. The van der Waals surface area contributed by atoms with Crippen molar-refractivity contribution in [1.82, 2.24) is 0 Å². The average molecular weight is 412 g/mol. The lowest BCUT2D eigenvalue weighted by molar-refractivity contribution is -0.139. The summed E-state index contributed by atoms with van der Waals surface area (Å²) >= 11 is 12.6. The van der Waals surface area contributed by atoms with Gasteiger partial charge in [-0.3, -0.25) is 0 Å². The lowest BCUT2D eigenvalue weighted by Crippen LogP contribution is -2.27. The zero-order chi connectivity index (χ0) is 20.1. The summed E-state index contributed by atoms with van der Waals surface area (Å²) < 4.78 is 15.4. The van der Waals surface area contributed by atoms with E-state index in [4.69, 9.17) is 37.4 Å². The summed E-state index contributed by atoms with van der Waals surface area (Å²) in [6.07, 6.45) is 6.16. The number of nitrogens with zero attached hydrogens (tertiary/aromatic N) is 1. The highest BCUT2D eigenvalue weighted by Crippen LogP contribution is 2.39. The normalized spacial score (nSPS) is 13.7. The number of benzene rings is 1. The lowest BCUT2D eigenvalue weighted by Gasteiger charge is -2.25. The van der Waals surface area contributed by atoms with Gasteiger partial charge in [-0.2, -0.15) is 0 Å². The minimum Gasteiger partial charge on any atom is -0.489 e. The number of rotatable bonds is 5. The summed E-state index contributed by atoms with van der Waals surface area (Å²) in [4.78, 5) is 26.1. The average Bonchev–Trinajstić information content (AvgIpc) is 2.85. The van der Waals surface area contributed by atoms with Crippen LogP contribution in [0.1, 0.15) is 13.8 Å². The zero-order valence-corrected chi connectivity index (χ0v) is 16.8. The van der Waals surface area contributed by atoms with Crippen molar-refractivity contribution < 1.29 is 23.8 Å². The standard InChI is InChI=1S/C19H19Cl2NO5/c1-11(2)27-16-10-15(13(20)9-14(16)21)22-8-6-5-7-12(18(23)25-3)17(22)19(24)26-4/h5-11H,1-4H3. The van der Waals surface area contributed by atoms with E-state index < -0.39 is 11.9 Å². The number of anilines is 1. The number of methoxy groups -OCH3 is 2. The largest absolute Gasteiger partial charge is 0.489 e. The van der Waals surface area contributed by atoms with Crippen LogP contribution in [0.4, 0.5) is 5.69 Å². The molecule has 0 fully saturated rings. The first kappa shape index (κ1) is 20.9. The maximum Gasteiger partial charge on any atom is 0.355 e. The van der Waals surface area contributed by atoms with Gasteiger partial charge in [0.1, 0.15) is 11.4 Å². The summed E-state index contributed by atoms with van der Waals surface area (Å²) in [5.74, 6) is -1.03. The van der Waals surface area contributed by atoms with E-state index in [-0.39, 0.29) is 22.4 Å². The highest BCUT2D eigenvalue weighted by Gasteiger charge is 2.29. The van der Waals surface area contributed by atoms with E-state index in [1.165, 1.54) is 31.3 Å². The van der Waals surface area contributed by atoms with Crippen molar-refractivity contribution in [3.63, 3.8) is 0 Å². The molecule has 1 heterocycles. The molecule has 144 valence electrons. The third kappa shape index (κ3) is 4.64. The van der Waals surface area contributed by atoms with E-state index in [0.29, 0.717) is 16.5 Å². The first-order chi connectivity index (χ1) is 12.8. The number of carbonyl (C=O) groups is 2. The molecule has 8 heteroatoms. The Morgan fingerprint density at radius 3 is 2.26 bits per heavy atom. The van der Waals surface area contributed by atoms with E-state index in [1.54, 1.807) is 24.4 Å². The number of ether oxygens (including phenoxy) is 3. The number of esters is 2. The van der Waals surface area contributed by atoms with Crippen molar-refractivity contribution in [1.29, 1.82) is 0 Å². The fourth-order valence-corrected chi connectivity index (χ4v) is 2.92. The van der Waals surface area contributed by atoms with E-state index in [9.17, 15) is 9.59 Å². The number of carbonyl (C=O) groups excluding carboxylic acids is 2. The van der Waals surface area contributed by atoms with Gasteiger partial charge in [0.2, 0.25) is 0 Å². The van der Waals surface area contributed by atoms with Gasteiger partial charge in [-0.05, 0) is 32.1 Å². The van der Waals surface area contributed by atoms with Gasteiger partial charge in [0.05, 0.1) is 41.6 Å². The van der Waals surface area contributed by atoms with Crippen LogP contribution in [0.5, 0.6) is 5.75 Å². The van der Waals surface area contributed by atoms with Crippen LogP contribution >= 0.6 is 23.2 Å². The Bertz CT molecular complexity index is 843. The molecular weight excluding hydrogens is 393 g/mol. The first-order valence-electron chi connectivity index (χ1n) is 8.00. The maximum absolute atomic E-state index is 12.5. The van der Waals surface area contributed by atoms with Crippen molar-refractivity contribution >= 4 is 40.8 Å². The Hall–Kier alpha value is -2.44. The number of allylic oxidation sites excluding steroid dienone is 2. The van der Waals surface area contributed by atoms with Crippen molar-refractivity contribution in [2.45, 2.75) is 20.0 Å². The maximum atomic E-state index is 12.5. The molecule has 0 aromatic heterocycles. The molecule has 0 atom stereocenters. The molecule has 27 heavy (non-hydrogen) atoms. The quantitative estimate of drug-likeness (QED) is 0.673. The van der Waals surface area contributed by atoms with Gasteiger partial charge in [0.15, 0.2) is 0 Å². The predicted molar refractivity (Wildman–Crippen MR) is 104 cm³/mol. The van der Waals surface area contributed by atoms with Crippen molar-refractivity contribution in [2.75, 3.05) is 19.1 Å². The first-order valence-corrected chi connectivity index (χ1v) is 8.76. The van der Waals surface area contributed by atoms with E-state index in [2.05, 4.69) is 0 Å². The van der Waals surface area contributed by atoms with E-state index in [1.807, 2.05) is 13.8 Å². The minimum atomic E-state index is -0.732. The Labute approximate surface area is 167 Å². The molecule has 0 unspecified atom stereocenters. The number of hydrogen-bond donors (Lipinski definition) is 0. The van der Waals surface area contributed by atoms with Crippen LogP contribution in [0.25, 0.3) is 0 Å². The summed E-state index contributed by atoms with van der Waals surface area (Å²) in [7, 11) is 2.45. The molecule has 6 nitrogen and oxygen atoms in total. The second-order valence-corrected chi connectivity index (χ2v) is 6.53. The van der Waals surface area contributed by atoms with Gasteiger partial charge in [-0.1, -0.05) is 29.3 Å². The van der Waals surface area contributed by atoms with Gasteiger partial charge < -0.3 is 19.1 Å². The molecule has 0 saturated carbocycles. The van der Waals surface area contributed by atoms with Crippen LogP contribution in [0.2, 0.25) is 10.0 Å². The molecule has 0 spiro atoms. The van der Waals surface area contributed by atoms with E-state index >= 15 is 0 Å². The van der Waals surface area contributed by atoms with E-state index in [0.717, 1.165) is 0 Å². The Balaban J connectivity index is 2.70. The van der Waals surface area contributed by atoms with Gasteiger partial charge in [-0.25, -0.2) is 9.59 Å². The van der Waals surface area contributed by atoms with Gasteiger partial charge in [-0.15, -0.1) is 0 Å². The van der Waals surface area contributed by atoms with Crippen molar-refractivity contribution in [3.05, 3.63) is 57.9 Å². The summed E-state index contributed by atoms with van der Waals surface area (Å²) in [6.45, 7) is 3.71. The fraction of sp³-hybridized carbons (Fsp3) is 0.263. The molecule has 1 aromatic rings. The van der Waals surface area contributed by atoms with Crippen molar-refractivity contribution in [2.24, 2.45) is 0 Å². The molecule has 0 amide bonds. The zero-order valence-electron chi connectivity index (χ0n) is 15.3. The lowest BCUT2D eigenvalue weighted by atomic mass is 10.1. The highest BCUT2D eigenvalue weighted by atomic mass is 35.5. The van der Waals surface area contributed by atoms with Crippen LogP contribution in [-0.4, -0.2) is 32.3 Å². The van der Waals surface area contributed by atoms with Crippen LogP contribution in [0.15, 0.2) is 47.8 Å². The third-order valence-corrected chi connectivity index (χ3v) is 4.11. The number of hydrogen-bond acceptors (Lipinski definition) is 6. The predicted octanol–water partition coefficient (Wildman–Crippen LogP) is 4.27. The second-order valence-electron chi connectivity index (χ2n) is 5.72. The third-order valence-electron chi connectivity index (χ3n) is 3.51. The minimum absolute atomic E-state index is 0.0201.